The van der Waals surface area contributed by atoms with Crippen molar-refractivity contribution in [2.45, 2.75) is 71.9 Å². The van der Waals surface area contributed by atoms with E-state index in [9.17, 15) is 14.7 Å². The number of benzene rings is 1. The van der Waals surface area contributed by atoms with E-state index >= 15 is 0 Å². The highest BCUT2D eigenvalue weighted by Gasteiger charge is 2.21. The van der Waals surface area contributed by atoms with Crippen LogP contribution < -0.4 is 5.32 Å². The number of carboxylic acid groups (broad SMARTS) is 1. The number of aromatic nitrogens is 2. The summed E-state index contributed by atoms with van der Waals surface area (Å²) in [6, 6.07) is 7.69. The van der Waals surface area contributed by atoms with E-state index in [0.29, 0.717) is 18.0 Å². The summed E-state index contributed by atoms with van der Waals surface area (Å²) in [5.74, 6) is 0.134. The molecule has 1 atom stereocenters. The van der Waals surface area contributed by atoms with E-state index in [1.54, 1.807) is 11.3 Å². The number of fused-ring (bicyclic) bond motifs is 1. The SMILES string of the molecule is CCC(CC)n1c(Cc2ccsc2)nc2cc(C(=O)NC(CC(=O)O)CC(C)C)ccc21. The fourth-order valence-electron chi connectivity index (χ4n) is 4.29. The fourth-order valence-corrected chi connectivity index (χ4v) is 4.96. The molecule has 172 valence electrons. The summed E-state index contributed by atoms with van der Waals surface area (Å²) >= 11 is 1.68. The standard InChI is InChI=1S/C25H33N3O3S/c1-5-20(6-2)28-22-8-7-18(25(31)26-19(11-16(3)4)14-24(29)30)13-21(22)27-23(28)12-17-9-10-32-15-17/h7-10,13,15-16,19-20H,5-6,11-12,14H2,1-4H3,(H,26,31)(H,29,30). The molecule has 6 nitrogen and oxygen atoms in total. The number of nitrogens with one attached hydrogen (secondary N) is 1. The van der Waals surface area contributed by atoms with Crippen LogP contribution in [0.1, 0.15) is 81.2 Å². The van der Waals surface area contributed by atoms with Crippen LogP contribution in [0.3, 0.4) is 0 Å². The van der Waals surface area contributed by atoms with Crippen molar-refractivity contribution in [2.75, 3.05) is 0 Å². The maximum atomic E-state index is 12.9. The lowest BCUT2D eigenvalue weighted by Crippen LogP contribution is -2.37. The Balaban J connectivity index is 1.93. The third kappa shape index (κ3) is 5.76. The number of rotatable bonds is 11. The molecular formula is C25H33N3O3S. The number of nitrogens with zero attached hydrogens (tertiary/aromatic N) is 2. The lowest BCUT2D eigenvalue weighted by molar-refractivity contribution is -0.137. The van der Waals surface area contributed by atoms with Crippen LogP contribution >= 0.6 is 11.3 Å². The molecule has 0 fully saturated rings. The van der Waals surface area contributed by atoms with E-state index in [-0.39, 0.29) is 18.2 Å². The van der Waals surface area contributed by atoms with Crippen molar-refractivity contribution in [3.05, 3.63) is 52.0 Å². The topological polar surface area (TPSA) is 84.2 Å². The Morgan fingerprint density at radius 1 is 1.19 bits per heavy atom. The molecule has 32 heavy (non-hydrogen) atoms. The summed E-state index contributed by atoms with van der Waals surface area (Å²) < 4.78 is 2.32. The quantitative estimate of drug-likeness (QED) is 0.390. The number of aliphatic carboxylic acids is 1. The molecule has 3 aromatic rings. The zero-order valence-corrected chi connectivity index (χ0v) is 20.1. The molecular weight excluding hydrogens is 422 g/mol. The third-order valence-electron chi connectivity index (χ3n) is 5.79. The van der Waals surface area contributed by atoms with Crippen molar-refractivity contribution in [3.63, 3.8) is 0 Å². The number of hydrogen-bond donors (Lipinski definition) is 2. The third-order valence-corrected chi connectivity index (χ3v) is 6.52. The molecule has 1 aromatic carbocycles. The Kier molecular flexibility index (Phi) is 8.07. The van der Waals surface area contributed by atoms with Crippen LogP contribution in [-0.4, -0.2) is 32.6 Å². The fraction of sp³-hybridized carbons (Fsp3) is 0.480. The van der Waals surface area contributed by atoms with Gasteiger partial charge in [-0.2, -0.15) is 11.3 Å². The van der Waals surface area contributed by atoms with Crippen LogP contribution in [0, 0.1) is 5.92 Å². The van der Waals surface area contributed by atoms with E-state index in [4.69, 9.17) is 4.98 Å². The molecule has 0 aliphatic carbocycles. The Bertz CT molecular complexity index is 1050. The van der Waals surface area contributed by atoms with Gasteiger partial charge in [-0.05, 0) is 65.8 Å². The first-order valence-corrected chi connectivity index (χ1v) is 12.3. The highest BCUT2D eigenvalue weighted by molar-refractivity contribution is 7.07. The van der Waals surface area contributed by atoms with Crippen LogP contribution in [0.2, 0.25) is 0 Å². The maximum Gasteiger partial charge on any atom is 0.305 e. The van der Waals surface area contributed by atoms with Crippen molar-refractivity contribution in [1.29, 1.82) is 0 Å². The molecule has 0 saturated heterocycles. The normalized spacial score (nSPS) is 12.6. The first-order valence-electron chi connectivity index (χ1n) is 11.4. The van der Waals surface area contributed by atoms with Crippen molar-refractivity contribution in [1.82, 2.24) is 14.9 Å². The minimum atomic E-state index is -0.909. The second-order valence-corrected chi connectivity index (χ2v) is 9.56. The van der Waals surface area contributed by atoms with E-state index in [2.05, 4.69) is 40.6 Å². The number of carboxylic acids is 1. The molecule has 0 aliphatic heterocycles. The van der Waals surface area contributed by atoms with E-state index in [0.717, 1.165) is 36.1 Å². The van der Waals surface area contributed by atoms with Gasteiger partial charge in [-0.15, -0.1) is 0 Å². The van der Waals surface area contributed by atoms with Gasteiger partial charge in [-0.1, -0.05) is 27.7 Å². The van der Waals surface area contributed by atoms with Crippen molar-refractivity contribution >= 4 is 34.2 Å². The summed E-state index contributed by atoms with van der Waals surface area (Å²) in [4.78, 5) is 29.0. The van der Waals surface area contributed by atoms with Gasteiger partial charge in [0.05, 0.1) is 17.5 Å². The van der Waals surface area contributed by atoms with Crippen LogP contribution in [0.25, 0.3) is 11.0 Å². The van der Waals surface area contributed by atoms with Gasteiger partial charge in [0.1, 0.15) is 5.82 Å². The Hall–Kier alpha value is -2.67. The molecule has 1 amide bonds. The lowest BCUT2D eigenvalue weighted by Gasteiger charge is -2.19. The monoisotopic (exact) mass is 455 g/mol. The number of hydrogen-bond acceptors (Lipinski definition) is 4. The van der Waals surface area contributed by atoms with Gasteiger partial charge in [-0.25, -0.2) is 4.98 Å². The molecule has 2 heterocycles. The molecule has 0 aliphatic rings. The smallest absolute Gasteiger partial charge is 0.305 e. The summed E-state index contributed by atoms with van der Waals surface area (Å²) in [5.41, 5.74) is 3.58. The van der Waals surface area contributed by atoms with Gasteiger partial charge >= 0.3 is 5.97 Å². The first-order chi connectivity index (χ1) is 15.3. The lowest BCUT2D eigenvalue weighted by atomic mass is 10.0. The highest BCUT2D eigenvalue weighted by atomic mass is 32.1. The Labute approximate surface area is 193 Å². The predicted octanol–water partition coefficient (Wildman–Crippen LogP) is 5.67. The van der Waals surface area contributed by atoms with Crippen molar-refractivity contribution < 1.29 is 14.7 Å². The first kappa shape index (κ1) is 24.0. The van der Waals surface area contributed by atoms with Crippen LogP contribution in [-0.2, 0) is 11.2 Å². The van der Waals surface area contributed by atoms with Gasteiger partial charge < -0.3 is 15.0 Å². The number of carbonyl (C=O) groups excluding carboxylic acids is 1. The molecule has 3 rings (SSSR count). The second kappa shape index (κ2) is 10.8. The summed E-state index contributed by atoms with van der Waals surface area (Å²) in [6.07, 6.45) is 3.31. The number of imidazole rings is 1. The van der Waals surface area contributed by atoms with Crippen molar-refractivity contribution in [3.8, 4) is 0 Å². The van der Waals surface area contributed by atoms with Gasteiger partial charge in [-0.3, -0.25) is 9.59 Å². The van der Waals surface area contributed by atoms with E-state index in [1.807, 2.05) is 32.0 Å². The van der Waals surface area contributed by atoms with Gasteiger partial charge in [0.15, 0.2) is 0 Å². The average molecular weight is 456 g/mol. The van der Waals surface area contributed by atoms with Crippen molar-refractivity contribution in [2.24, 2.45) is 5.92 Å². The summed E-state index contributed by atoms with van der Waals surface area (Å²) in [7, 11) is 0. The van der Waals surface area contributed by atoms with E-state index in [1.165, 1.54) is 5.56 Å². The summed E-state index contributed by atoms with van der Waals surface area (Å²) in [5, 5.41) is 16.3. The highest BCUT2D eigenvalue weighted by Crippen LogP contribution is 2.28. The molecule has 0 spiro atoms. The molecule has 0 bridgehead atoms. The Morgan fingerprint density at radius 3 is 2.53 bits per heavy atom. The number of amides is 1. The minimum absolute atomic E-state index is 0.0831. The van der Waals surface area contributed by atoms with E-state index < -0.39 is 12.0 Å². The Morgan fingerprint density at radius 2 is 1.94 bits per heavy atom. The summed E-state index contributed by atoms with van der Waals surface area (Å²) in [6.45, 7) is 8.42. The molecule has 0 saturated carbocycles. The zero-order chi connectivity index (χ0) is 23.3. The second-order valence-electron chi connectivity index (χ2n) is 8.78. The van der Waals surface area contributed by atoms with Crippen LogP contribution in [0.4, 0.5) is 0 Å². The largest absolute Gasteiger partial charge is 0.481 e. The minimum Gasteiger partial charge on any atom is -0.481 e. The van der Waals surface area contributed by atoms with Gasteiger partial charge in [0, 0.05) is 24.1 Å². The molecule has 2 N–H and O–H groups in total. The molecule has 7 heteroatoms. The predicted molar refractivity (Wildman–Crippen MR) is 129 cm³/mol. The molecule has 1 unspecified atom stereocenters. The molecule has 0 radical (unpaired) electrons. The van der Waals surface area contributed by atoms with Gasteiger partial charge in [0.2, 0.25) is 0 Å². The zero-order valence-electron chi connectivity index (χ0n) is 19.3. The average Bonchev–Trinajstić information content (AvgIpc) is 3.36. The molecule has 2 aromatic heterocycles. The van der Waals surface area contributed by atoms with Gasteiger partial charge in [0.25, 0.3) is 5.91 Å². The number of thiophene rings is 1. The number of carbonyl (C=O) groups is 2. The van der Waals surface area contributed by atoms with Crippen LogP contribution in [0.5, 0.6) is 0 Å². The maximum absolute atomic E-state index is 12.9. The van der Waals surface area contributed by atoms with Crippen LogP contribution in [0.15, 0.2) is 35.0 Å².